The first-order valence-corrected chi connectivity index (χ1v) is 5.39. The van der Waals surface area contributed by atoms with Gasteiger partial charge in [-0.15, -0.1) is 0 Å². The van der Waals surface area contributed by atoms with Crippen LogP contribution >= 0.6 is 0 Å². The Morgan fingerprint density at radius 2 is 2.31 bits per heavy atom. The molecule has 1 atom stereocenters. The summed E-state index contributed by atoms with van der Waals surface area (Å²) in [4.78, 5) is 15.5. The highest BCUT2D eigenvalue weighted by atomic mass is 16.5. The number of carbonyl (C=O) groups excluding carboxylic acids is 1. The summed E-state index contributed by atoms with van der Waals surface area (Å²) in [5.74, 6) is -0.407. The molecular weight excluding hydrogens is 202 g/mol. The lowest BCUT2D eigenvalue weighted by Gasteiger charge is -2.15. The maximum absolute atomic E-state index is 11.9. The standard InChI is InChI=1S/C13H13NO2/c1-3-16-12(15)13(14-2)9-8-10-6-4-5-7-11(10)13/h4-7H,3,8-9H2,1H3. The van der Waals surface area contributed by atoms with Crippen LogP contribution in [0.15, 0.2) is 24.3 Å². The predicted molar refractivity (Wildman–Crippen MR) is 59.7 cm³/mol. The molecule has 1 aliphatic rings. The lowest BCUT2D eigenvalue weighted by molar-refractivity contribution is -0.148. The van der Waals surface area contributed by atoms with Gasteiger partial charge < -0.3 is 4.74 Å². The van der Waals surface area contributed by atoms with Gasteiger partial charge in [0.1, 0.15) is 0 Å². The lowest BCUT2D eigenvalue weighted by Crippen LogP contribution is -2.31. The molecule has 0 aliphatic heterocycles. The van der Waals surface area contributed by atoms with E-state index in [1.807, 2.05) is 24.3 Å². The number of fused-ring (bicyclic) bond motifs is 1. The minimum absolute atomic E-state index is 0.318. The molecule has 0 aromatic heterocycles. The van der Waals surface area contributed by atoms with Crippen LogP contribution in [0.2, 0.25) is 0 Å². The van der Waals surface area contributed by atoms with Gasteiger partial charge in [0.2, 0.25) is 0 Å². The molecule has 16 heavy (non-hydrogen) atoms. The van der Waals surface area contributed by atoms with Crippen molar-refractivity contribution in [2.75, 3.05) is 6.61 Å². The summed E-state index contributed by atoms with van der Waals surface area (Å²) < 4.78 is 5.02. The molecular formula is C13H13NO2. The largest absolute Gasteiger partial charge is 0.460 e. The predicted octanol–water partition coefficient (Wildman–Crippen LogP) is 2.31. The Labute approximate surface area is 94.9 Å². The van der Waals surface area contributed by atoms with Gasteiger partial charge in [0.05, 0.1) is 12.2 Å². The van der Waals surface area contributed by atoms with Gasteiger partial charge in [0, 0.05) is 6.42 Å². The van der Waals surface area contributed by atoms with E-state index in [1.54, 1.807) is 6.92 Å². The normalized spacial score (nSPS) is 22.2. The number of rotatable bonds is 2. The third kappa shape index (κ3) is 1.38. The molecule has 0 amide bonds. The van der Waals surface area contributed by atoms with E-state index in [9.17, 15) is 4.79 Å². The lowest BCUT2D eigenvalue weighted by atomic mass is 9.93. The first-order valence-electron chi connectivity index (χ1n) is 5.39. The quantitative estimate of drug-likeness (QED) is 0.560. The number of hydrogen-bond acceptors (Lipinski definition) is 2. The molecule has 0 saturated heterocycles. The minimum Gasteiger partial charge on any atom is -0.460 e. The summed E-state index contributed by atoms with van der Waals surface area (Å²) in [6, 6.07) is 7.63. The van der Waals surface area contributed by atoms with Crippen LogP contribution < -0.4 is 0 Å². The summed E-state index contributed by atoms with van der Waals surface area (Å²) in [6.07, 6.45) is 1.31. The Morgan fingerprint density at radius 3 is 3.00 bits per heavy atom. The fourth-order valence-electron chi connectivity index (χ4n) is 2.22. The Morgan fingerprint density at radius 1 is 1.56 bits per heavy atom. The van der Waals surface area contributed by atoms with Crippen LogP contribution in [-0.2, 0) is 21.5 Å². The molecule has 0 radical (unpaired) electrons. The van der Waals surface area contributed by atoms with E-state index >= 15 is 0 Å². The molecule has 0 spiro atoms. The van der Waals surface area contributed by atoms with E-state index in [2.05, 4.69) is 4.85 Å². The van der Waals surface area contributed by atoms with Gasteiger partial charge in [-0.1, -0.05) is 24.3 Å². The zero-order valence-electron chi connectivity index (χ0n) is 9.19. The molecule has 3 heteroatoms. The summed E-state index contributed by atoms with van der Waals surface area (Å²) in [5, 5.41) is 0. The van der Waals surface area contributed by atoms with E-state index in [1.165, 1.54) is 0 Å². The Balaban J connectivity index is 2.46. The van der Waals surface area contributed by atoms with Crippen molar-refractivity contribution in [1.82, 2.24) is 0 Å². The average molecular weight is 215 g/mol. The Hall–Kier alpha value is -1.82. The Bertz CT molecular complexity index is 461. The fraction of sp³-hybridized carbons (Fsp3) is 0.385. The van der Waals surface area contributed by atoms with Gasteiger partial charge in [0.25, 0.3) is 0 Å². The van der Waals surface area contributed by atoms with Crippen LogP contribution in [0.3, 0.4) is 0 Å². The smallest absolute Gasteiger partial charge is 0.398 e. The molecule has 0 N–H and O–H groups in total. The van der Waals surface area contributed by atoms with Crippen molar-refractivity contribution in [3.8, 4) is 0 Å². The van der Waals surface area contributed by atoms with Crippen LogP contribution in [0, 0.1) is 6.57 Å². The first-order chi connectivity index (χ1) is 7.74. The summed E-state index contributed by atoms with van der Waals surface area (Å²) in [6.45, 7) is 9.39. The molecule has 2 rings (SSSR count). The zero-order chi connectivity index (χ0) is 11.6. The van der Waals surface area contributed by atoms with Crippen LogP contribution in [0.5, 0.6) is 0 Å². The second-order valence-corrected chi connectivity index (χ2v) is 3.85. The first kappa shape index (κ1) is 10.7. The number of esters is 1. The van der Waals surface area contributed by atoms with Gasteiger partial charge in [-0.25, -0.2) is 11.4 Å². The van der Waals surface area contributed by atoms with E-state index in [0.29, 0.717) is 13.0 Å². The summed E-state index contributed by atoms with van der Waals surface area (Å²) >= 11 is 0. The topological polar surface area (TPSA) is 30.7 Å². The van der Waals surface area contributed by atoms with Crippen molar-refractivity contribution in [3.63, 3.8) is 0 Å². The molecule has 1 aromatic carbocycles. The van der Waals surface area contributed by atoms with E-state index in [0.717, 1.165) is 17.5 Å². The van der Waals surface area contributed by atoms with Gasteiger partial charge in [-0.3, -0.25) is 4.85 Å². The van der Waals surface area contributed by atoms with Crippen molar-refractivity contribution < 1.29 is 9.53 Å². The van der Waals surface area contributed by atoms with Gasteiger partial charge in [0.15, 0.2) is 0 Å². The SMILES string of the molecule is [C-]#[N+]C1(C(=O)OCC)CCc2ccccc21. The molecule has 0 bridgehead atoms. The average Bonchev–Trinajstić information content (AvgIpc) is 2.69. The van der Waals surface area contributed by atoms with Gasteiger partial charge in [-0.2, -0.15) is 0 Å². The van der Waals surface area contributed by atoms with Crippen LogP contribution in [-0.4, -0.2) is 12.6 Å². The molecule has 0 saturated carbocycles. The second-order valence-electron chi connectivity index (χ2n) is 3.85. The number of aryl methyl sites for hydroxylation is 1. The number of nitrogens with zero attached hydrogens (tertiary/aromatic N) is 1. The van der Waals surface area contributed by atoms with Crippen molar-refractivity contribution in [1.29, 1.82) is 0 Å². The monoisotopic (exact) mass is 215 g/mol. The summed E-state index contributed by atoms with van der Waals surface area (Å²) in [5.41, 5.74) is 0.821. The number of carbonyl (C=O) groups is 1. The second kappa shape index (κ2) is 3.97. The van der Waals surface area contributed by atoms with Crippen molar-refractivity contribution in [3.05, 3.63) is 46.8 Å². The number of ether oxygens (including phenoxy) is 1. The molecule has 3 nitrogen and oxygen atoms in total. The third-order valence-electron chi connectivity index (χ3n) is 3.02. The van der Waals surface area contributed by atoms with Crippen molar-refractivity contribution in [2.24, 2.45) is 0 Å². The zero-order valence-corrected chi connectivity index (χ0v) is 9.19. The van der Waals surface area contributed by atoms with Gasteiger partial charge >= 0.3 is 11.5 Å². The fourth-order valence-corrected chi connectivity index (χ4v) is 2.22. The van der Waals surface area contributed by atoms with Crippen LogP contribution in [0.4, 0.5) is 0 Å². The van der Waals surface area contributed by atoms with Gasteiger partial charge in [-0.05, 0) is 18.9 Å². The summed E-state index contributed by atoms with van der Waals surface area (Å²) in [7, 11) is 0. The highest BCUT2D eigenvalue weighted by Gasteiger charge is 2.53. The van der Waals surface area contributed by atoms with E-state index in [4.69, 9.17) is 11.3 Å². The van der Waals surface area contributed by atoms with Crippen LogP contribution in [0.1, 0.15) is 24.5 Å². The van der Waals surface area contributed by atoms with E-state index in [-0.39, 0.29) is 0 Å². The molecule has 1 aromatic rings. The van der Waals surface area contributed by atoms with Crippen LogP contribution in [0.25, 0.3) is 4.85 Å². The molecule has 0 heterocycles. The number of benzene rings is 1. The molecule has 0 fully saturated rings. The molecule has 1 unspecified atom stereocenters. The van der Waals surface area contributed by atoms with E-state index < -0.39 is 11.5 Å². The van der Waals surface area contributed by atoms with Crippen molar-refractivity contribution in [2.45, 2.75) is 25.3 Å². The number of hydrogen-bond donors (Lipinski definition) is 0. The highest BCUT2D eigenvalue weighted by molar-refractivity contribution is 5.86. The highest BCUT2D eigenvalue weighted by Crippen LogP contribution is 2.41. The maximum Gasteiger partial charge on any atom is 0.398 e. The molecule has 1 aliphatic carbocycles. The Kier molecular flexibility index (Phi) is 2.66. The maximum atomic E-state index is 11.9. The van der Waals surface area contributed by atoms with Crippen molar-refractivity contribution >= 4 is 5.97 Å². The molecule has 82 valence electrons. The minimum atomic E-state index is -1.09. The third-order valence-corrected chi connectivity index (χ3v) is 3.02.